The first-order chi connectivity index (χ1) is 8.34. The molecule has 1 saturated heterocycles. The second-order valence-electron chi connectivity index (χ2n) is 5.48. The van der Waals surface area contributed by atoms with Crippen molar-refractivity contribution in [2.75, 3.05) is 19.6 Å². The van der Waals surface area contributed by atoms with Crippen molar-refractivity contribution in [3.8, 4) is 0 Å². The summed E-state index contributed by atoms with van der Waals surface area (Å²) >= 11 is 1.81. The zero-order chi connectivity index (χ0) is 11.7. The minimum Gasteiger partial charge on any atom is -0.312 e. The standard InChI is InChI=1S/C14H22N2S/c1-11(13-5-8-17-10-13)16-7-2-6-15-14(9-16)12-3-4-12/h5,8,10-12,14-15H,2-4,6-7,9H2,1H3. The SMILES string of the molecule is CC(c1ccsc1)N1CCCNC(C2CC2)C1. The lowest BCUT2D eigenvalue weighted by atomic mass is 10.1. The van der Waals surface area contributed by atoms with Gasteiger partial charge >= 0.3 is 0 Å². The lowest BCUT2D eigenvalue weighted by Gasteiger charge is -2.30. The van der Waals surface area contributed by atoms with E-state index in [1.807, 2.05) is 11.3 Å². The van der Waals surface area contributed by atoms with Gasteiger partial charge in [-0.05, 0) is 61.0 Å². The van der Waals surface area contributed by atoms with Crippen molar-refractivity contribution in [2.45, 2.75) is 38.3 Å². The third-order valence-corrected chi connectivity index (χ3v) is 4.93. The van der Waals surface area contributed by atoms with Crippen LogP contribution >= 0.6 is 11.3 Å². The topological polar surface area (TPSA) is 15.3 Å². The predicted molar refractivity (Wildman–Crippen MR) is 73.4 cm³/mol. The summed E-state index contributed by atoms with van der Waals surface area (Å²) in [5, 5.41) is 8.23. The van der Waals surface area contributed by atoms with Crippen LogP contribution in [0.1, 0.15) is 37.8 Å². The average molecular weight is 250 g/mol. The highest BCUT2D eigenvalue weighted by molar-refractivity contribution is 7.07. The molecule has 3 heteroatoms. The summed E-state index contributed by atoms with van der Waals surface area (Å²) in [4.78, 5) is 2.67. The van der Waals surface area contributed by atoms with Crippen LogP contribution in [0.25, 0.3) is 0 Å². The Morgan fingerprint density at radius 1 is 1.47 bits per heavy atom. The summed E-state index contributed by atoms with van der Waals surface area (Å²) < 4.78 is 0. The molecule has 2 fully saturated rings. The van der Waals surface area contributed by atoms with Crippen molar-refractivity contribution in [1.82, 2.24) is 10.2 Å². The van der Waals surface area contributed by atoms with Crippen LogP contribution in [-0.4, -0.2) is 30.6 Å². The van der Waals surface area contributed by atoms with E-state index in [9.17, 15) is 0 Å². The van der Waals surface area contributed by atoms with Gasteiger partial charge in [0.25, 0.3) is 0 Å². The highest BCUT2D eigenvalue weighted by Crippen LogP contribution is 2.35. The Bertz CT molecular complexity index is 345. The largest absolute Gasteiger partial charge is 0.312 e. The first-order valence-corrected chi connectivity index (χ1v) is 7.78. The smallest absolute Gasteiger partial charge is 0.0328 e. The van der Waals surface area contributed by atoms with Gasteiger partial charge in [-0.25, -0.2) is 0 Å². The molecule has 1 aliphatic heterocycles. The Labute approximate surface area is 108 Å². The molecule has 1 N–H and O–H groups in total. The number of rotatable bonds is 3. The molecule has 2 aliphatic rings. The molecule has 2 nitrogen and oxygen atoms in total. The van der Waals surface area contributed by atoms with Gasteiger partial charge in [-0.3, -0.25) is 4.90 Å². The Morgan fingerprint density at radius 3 is 3.06 bits per heavy atom. The van der Waals surface area contributed by atoms with Gasteiger partial charge in [-0.15, -0.1) is 0 Å². The van der Waals surface area contributed by atoms with E-state index >= 15 is 0 Å². The van der Waals surface area contributed by atoms with Crippen LogP contribution in [0.5, 0.6) is 0 Å². The van der Waals surface area contributed by atoms with E-state index in [4.69, 9.17) is 0 Å². The zero-order valence-electron chi connectivity index (χ0n) is 10.6. The predicted octanol–water partition coefficient (Wildman–Crippen LogP) is 2.88. The molecule has 1 aromatic heterocycles. The van der Waals surface area contributed by atoms with Crippen LogP contribution in [0.3, 0.4) is 0 Å². The first-order valence-electron chi connectivity index (χ1n) is 6.84. The van der Waals surface area contributed by atoms with E-state index < -0.39 is 0 Å². The second kappa shape index (κ2) is 5.09. The third-order valence-electron chi connectivity index (χ3n) is 4.22. The summed E-state index contributed by atoms with van der Waals surface area (Å²) in [6, 6.07) is 3.61. The molecule has 2 atom stereocenters. The second-order valence-corrected chi connectivity index (χ2v) is 6.26. The van der Waals surface area contributed by atoms with Gasteiger partial charge in [-0.2, -0.15) is 11.3 Å². The fraction of sp³-hybridized carbons (Fsp3) is 0.714. The first kappa shape index (κ1) is 11.7. The summed E-state index contributed by atoms with van der Waals surface area (Å²) in [6.07, 6.45) is 4.17. The Hall–Kier alpha value is -0.380. The Balaban J connectivity index is 1.68. The molecule has 3 rings (SSSR count). The molecular formula is C14H22N2S. The monoisotopic (exact) mass is 250 g/mol. The molecule has 0 bridgehead atoms. The van der Waals surface area contributed by atoms with Gasteiger partial charge in [0.15, 0.2) is 0 Å². The highest BCUT2D eigenvalue weighted by atomic mass is 32.1. The van der Waals surface area contributed by atoms with Gasteiger partial charge in [-0.1, -0.05) is 0 Å². The third kappa shape index (κ3) is 2.72. The number of nitrogens with zero attached hydrogens (tertiary/aromatic N) is 1. The van der Waals surface area contributed by atoms with Crippen molar-refractivity contribution in [3.05, 3.63) is 22.4 Å². The van der Waals surface area contributed by atoms with Crippen LogP contribution in [0.4, 0.5) is 0 Å². The lowest BCUT2D eigenvalue weighted by Crippen LogP contribution is -2.40. The minimum atomic E-state index is 0.586. The van der Waals surface area contributed by atoms with E-state index in [1.54, 1.807) is 0 Å². The molecule has 94 valence electrons. The molecule has 0 amide bonds. The maximum absolute atomic E-state index is 3.73. The van der Waals surface area contributed by atoms with Crippen molar-refractivity contribution >= 4 is 11.3 Å². The molecule has 2 heterocycles. The molecule has 2 unspecified atom stereocenters. The van der Waals surface area contributed by atoms with E-state index in [-0.39, 0.29) is 0 Å². The number of hydrogen-bond acceptors (Lipinski definition) is 3. The quantitative estimate of drug-likeness (QED) is 0.887. The number of nitrogens with one attached hydrogen (secondary N) is 1. The highest BCUT2D eigenvalue weighted by Gasteiger charge is 2.34. The molecular weight excluding hydrogens is 228 g/mol. The summed E-state index contributed by atoms with van der Waals surface area (Å²) in [5.74, 6) is 0.963. The molecule has 0 radical (unpaired) electrons. The van der Waals surface area contributed by atoms with Gasteiger partial charge in [0.1, 0.15) is 0 Å². The molecule has 0 spiro atoms. The molecule has 0 aromatic carbocycles. The molecule has 1 aliphatic carbocycles. The van der Waals surface area contributed by atoms with Gasteiger partial charge in [0.05, 0.1) is 0 Å². The van der Waals surface area contributed by atoms with Crippen molar-refractivity contribution in [1.29, 1.82) is 0 Å². The van der Waals surface area contributed by atoms with Crippen molar-refractivity contribution in [2.24, 2.45) is 5.92 Å². The van der Waals surface area contributed by atoms with Gasteiger partial charge in [0, 0.05) is 25.2 Å². The molecule has 1 aromatic rings. The van der Waals surface area contributed by atoms with Crippen LogP contribution in [0.15, 0.2) is 16.8 Å². The summed E-state index contributed by atoms with van der Waals surface area (Å²) in [6.45, 7) is 6.04. The Kier molecular flexibility index (Phi) is 3.50. The summed E-state index contributed by atoms with van der Waals surface area (Å²) in [7, 11) is 0. The van der Waals surface area contributed by atoms with Crippen LogP contribution < -0.4 is 5.32 Å². The zero-order valence-corrected chi connectivity index (χ0v) is 11.4. The fourth-order valence-corrected chi connectivity index (χ4v) is 3.61. The Morgan fingerprint density at radius 2 is 2.35 bits per heavy atom. The van der Waals surface area contributed by atoms with Crippen LogP contribution in [0, 0.1) is 5.92 Å². The van der Waals surface area contributed by atoms with Crippen LogP contribution in [-0.2, 0) is 0 Å². The van der Waals surface area contributed by atoms with Gasteiger partial charge in [0.2, 0.25) is 0 Å². The normalized spacial score (nSPS) is 28.9. The van der Waals surface area contributed by atoms with E-state index in [0.717, 1.165) is 12.0 Å². The van der Waals surface area contributed by atoms with E-state index in [2.05, 4.69) is 34.0 Å². The number of hydrogen-bond donors (Lipinski definition) is 1. The maximum Gasteiger partial charge on any atom is 0.0328 e. The van der Waals surface area contributed by atoms with E-state index in [1.165, 1.54) is 44.5 Å². The van der Waals surface area contributed by atoms with Crippen LogP contribution in [0.2, 0.25) is 0 Å². The van der Waals surface area contributed by atoms with Gasteiger partial charge < -0.3 is 5.32 Å². The summed E-state index contributed by atoms with van der Waals surface area (Å²) in [5.41, 5.74) is 1.49. The van der Waals surface area contributed by atoms with Crippen molar-refractivity contribution < 1.29 is 0 Å². The maximum atomic E-state index is 3.73. The van der Waals surface area contributed by atoms with Crippen molar-refractivity contribution in [3.63, 3.8) is 0 Å². The van der Waals surface area contributed by atoms with E-state index in [0.29, 0.717) is 6.04 Å². The lowest BCUT2D eigenvalue weighted by molar-refractivity contribution is 0.201. The molecule has 17 heavy (non-hydrogen) atoms. The average Bonchev–Trinajstić information content (AvgIpc) is 3.08. The fourth-order valence-electron chi connectivity index (χ4n) is 2.87. The molecule has 1 saturated carbocycles. The number of thiophene rings is 1. The minimum absolute atomic E-state index is 0.586.